The van der Waals surface area contributed by atoms with Gasteiger partial charge in [-0.05, 0) is 25.5 Å². The molecule has 94 valence electrons. The van der Waals surface area contributed by atoms with Gasteiger partial charge in [0, 0.05) is 10.3 Å². The molecule has 2 aliphatic rings. The third-order valence-corrected chi connectivity index (χ3v) is 5.05. The molecule has 1 amide bonds. The maximum atomic E-state index is 12.3. The molecule has 1 saturated heterocycles. The molecule has 3 rings (SSSR count). The first-order chi connectivity index (χ1) is 8.43. The largest absolute Gasteiger partial charge is 0.548 e. The van der Waals surface area contributed by atoms with Crippen LogP contribution in [0.3, 0.4) is 0 Å². The van der Waals surface area contributed by atoms with Crippen LogP contribution in [0, 0.1) is 0 Å². The fraction of sp³-hybridized carbons (Fsp3) is 0.385. The van der Waals surface area contributed by atoms with Crippen LogP contribution >= 0.6 is 11.8 Å². The Kier molecular flexibility index (Phi) is 2.26. The smallest absolute Gasteiger partial charge is 0.256 e. The summed E-state index contributed by atoms with van der Waals surface area (Å²) >= 11 is 1.51. The summed E-state index contributed by atoms with van der Waals surface area (Å²) in [5, 5.41) is 11.1. The lowest BCUT2D eigenvalue weighted by atomic mass is 10.0. The highest BCUT2D eigenvalue weighted by atomic mass is 32.2. The lowest BCUT2D eigenvalue weighted by Crippen LogP contribution is -2.53. The van der Waals surface area contributed by atoms with Crippen molar-refractivity contribution in [1.82, 2.24) is 4.90 Å². The van der Waals surface area contributed by atoms with E-state index >= 15 is 0 Å². The number of rotatable bonds is 1. The lowest BCUT2D eigenvalue weighted by molar-refractivity contribution is -0.311. The Labute approximate surface area is 109 Å². The summed E-state index contributed by atoms with van der Waals surface area (Å²) in [6.45, 7) is 3.68. The Hall–Kier alpha value is -1.49. The summed E-state index contributed by atoms with van der Waals surface area (Å²) in [6, 6.07) is 6.42. The molecule has 1 aromatic carbocycles. The first-order valence-corrected chi connectivity index (χ1v) is 6.62. The Morgan fingerprint density at radius 2 is 2.06 bits per heavy atom. The van der Waals surface area contributed by atoms with E-state index in [2.05, 4.69) is 0 Å². The fourth-order valence-corrected chi connectivity index (χ4v) is 4.34. The van der Waals surface area contributed by atoms with Crippen LogP contribution in [0.1, 0.15) is 35.1 Å². The van der Waals surface area contributed by atoms with Crippen molar-refractivity contribution in [3.8, 4) is 0 Å². The van der Waals surface area contributed by atoms with Crippen molar-refractivity contribution in [1.29, 1.82) is 0 Å². The molecular weight excluding hydrogens is 250 g/mol. The number of benzene rings is 1. The van der Waals surface area contributed by atoms with Gasteiger partial charge >= 0.3 is 0 Å². The summed E-state index contributed by atoms with van der Waals surface area (Å²) in [7, 11) is 0. The van der Waals surface area contributed by atoms with Gasteiger partial charge in [-0.1, -0.05) is 18.2 Å². The van der Waals surface area contributed by atoms with Crippen molar-refractivity contribution >= 4 is 23.6 Å². The van der Waals surface area contributed by atoms with Crippen molar-refractivity contribution in [2.45, 2.75) is 30.0 Å². The summed E-state index contributed by atoms with van der Waals surface area (Å²) in [6.07, 6.45) is 0. The monoisotopic (exact) mass is 262 g/mol. The number of carbonyl (C=O) groups is 2. The van der Waals surface area contributed by atoms with Gasteiger partial charge in [-0.25, -0.2) is 0 Å². The van der Waals surface area contributed by atoms with Crippen LogP contribution in [0.2, 0.25) is 0 Å². The molecular formula is C13H12NO3S-. The molecule has 2 atom stereocenters. The predicted molar refractivity (Wildman–Crippen MR) is 65.8 cm³/mol. The number of nitrogens with zero attached hydrogens (tertiary/aromatic N) is 1. The second-order valence-electron chi connectivity index (χ2n) is 5.09. The standard InChI is InChI=1S/C13H13NO3S/c1-13(2)9(12(16)17)14-10(15)7-5-3-4-6-8(7)11(14)18-13/h3-6,9,11H,1-2H3,(H,16,17)/p-1/t9-,11+/m0/s1. The van der Waals surface area contributed by atoms with Crippen molar-refractivity contribution < 1.29 is 14.7 Å². The molecule has 0 saturated carbocycles. The van der Waals surface area contributed by atoms with E-state index in [0.717, 1.165) is 5.56 Å². The number of carboxylic acids is 1. The number of aliphatic carboxylic acids is 1. The van der Waals surface area contributed by atoms with E-state index in [1.165, 1.54) is 16.7 Å². The van der Waals surface area contributed by atoms with E-state index < -0.39 is 16.8 Å². The molecule has 0 aliphatic carbocycles. The van der Waals surface area contributed by atoms with Gasteiger partial charge in [-0.3, -0.25) is 4.79 Å². The quantitative estimate of drug-likeness (QED) is 0.750. The highest BCUT2D eigenvalue weighted by molar-refractivity contribution is 8.01. The molecule has 0 unspecified atom stereocenters. The van der Waals surface area contributed by atoms with Crippen molar-refractivity contribution in [2.24, 2.45) is 0 Å². The zero-order valence-electron chi connectivity index (χ0n) is 10.0. The molecule has 5 heteroatoms. The molecule has 18 heavy (non-hydrogen) atoms. The van der Waals surface area contributed by atoms with Gasteiger partial charge in [-0.2, -0.15) is 0 Å². The van der Waals surface area contributed by atoms with Crippen molar-refractivity contribution in [2.75, 3.05) is 0 Å². The number of carboxylic acid groups (broad SMARTS) is 1. The molecule has 1 fully saturated rings. The number of fused-ring (bicyclic) bond motifs is 3. The molecule has 0 spiro atoms. The van der Waals surface area contributed by atoms with Gasteiger partial charge in [0.1, 0.15) is 5.37 Å². The highest BCUT2D eigenvalue weighted by Gasteiger charge is 2.54. The maximum absolute atomic E-state index is 12.3. The normalized spacial score (nSPS) is 28.1. The first kappa shape index (κ1) is 11.6. The second kappa shape index (κ2) is 3.51. The minimum absolute atomic E-state index is 0.202. The summed E-state index contributed by atoms with van der Waals surface area (Å²) in [5.41, 5.74) is 1.51. The van der Waals surface area contributed by atoms with Crippen LogP contribution in [-0.2, 0) is 4.79 Å². The fourth-order valence-electron chi connectivity index (χ4n) is 2.76. The van der Waals surface area contributed by atoms with Gasteiger partial charge in [0.25, 0.3) is 5.91 Å². The molecule has 4 nitrogen and oxygen atoms in total. The minimum atomic E-state index is -1.18. The van der Waals surface area contributed by atoms with Gasteiger partial charge in [0.2, 0.25) is 0 Å². The van der Waals surface area contributed by atoms with Crippen LogP contribution < -0.4 is 5.11 Å². The molecule has 0 N–H and O–H groups in total. The van der Waals surface area contributed by atoms with Crippen LogP contribution in [-0.4, -0.2) is 27.6 Å². The second-order valence-corrected chi connectivity index (χ2v) is 6.83. The number of hydrogen-bond acceptors (Lipinski definition) is 4. The zero-order chi connectivity index (χ0) is 13.1. The molecule has 1 aromatic rings. The Balaban J connectivity index is 2.13. The summed E-state index contributed by atoms with van der Waals surface area (Å²) in [5.74, 6) is -1.39. The number of thioether (sulfide) groups is 1. The molecule has 0 aromatic heterocycles. The Morgan fingerprint density at radius 3 is 2.72 bits per heavy atom. The van der Waals surface area contributed by atoms with E-state index in [1.54, 1.807) is 12.1 Å². The van der Waals surface area contributed by atoms with Crippen molar-refractivity contribution in [3.63, 3.8) is 0 Å². The topological polar surface area (TPSA) is 60.4 Å². The van der Waals surface area contributed by atoms with Crippen LogP contribution in [0.25, 0.3) is 0 Å². The SMILES string of the molecule is CC1(C)S[C@@H]2c3ccccc3C(=O)N2[C@H]1C(=O)[O-]. The van der Waals surface area contributed by atoms with Gasteiger partial charge in [0.15, 0.2) is 0 Å². The molecule has 0 radical (unpaired) electrons. The number of amides is 1. The zero-order valence-corrected chi connectivity index (χ0v) is 10.9. The highest BCUT2D eigenvalue weighted by Crippen LogP contribution is 2.56. The molecule has 0 bridgehead atoms. The van der Waals surface area contributed by atoms with Gasteiger partial charge in [0.05, 0.1) is 12.0 Å². The average Bonchev–Trinajstić information content (AvgIpc) is 2.72. The van der Waals surface area contributed by atoms with Crippen LogP contribution in [0.15, 0.2) is 24.3 Å². The van der Waals surface area contributed by atoms with Gasteiger partial charge in [-0.15, -0.1) is 11.8 Å². The van der Waals surface area contributed by atoms with E-state index in [-0.39, 0.29) is 11.3 Å². The van der Waals surface area contributed by atoms with Gasteiger partial charge < -0.3 is 14.8 Å². The van der Waals surface area contributed by atoms with Crippen LogP contribution in [0.4, 0.5) is 0 Å². The average molecular weight is 262 g/mol. The lowest BCUT2D eigenvalue weighted by Gasteiger charge is -2.31. The summed E-state index contributed by atoms with van der Waals surface area (Å²) in [4.78, 5) is 25.1. The third-order valence-electron chi connectivity index (χ3n) is 3.52. The third kappa shape index (κ3) is 1.34. The van der Waals surface area contributed by atoms with E-state index in [9.17, 15) is 14.7 Å². The predicted octanol–water partition coefficient (Wildman–Crippen LogP) is 0.785. The maximum Gasteiger partial charge on any atom is 0.256 e. The number of hydrogen-bond donors (Lipinski definition) is 0. The van der Waals surface area contributed by atoms with E-state index in [4.69, 9.17) is 0 Å². The van der Waals surface area contributed by atoms with E-state index in [1.807, 2.05) is 26.0 Å². The van der Waals surface area contributed by atoms with Crippen molar-refractivity contribution in [3.05, 3.63) is 35.4 Å². The number of carbonyl (C=O) groups excluding carboxylic acids is 2. The Morgan fingerprint density at radius 1 is 1.39 bits per heavy atom. The Bertz CT molecular complexity index is 555. The van der Waals surface area contributed by atoms with E-state index in [0.29, 0.717) is 5.56 Å². The van der Waals surface area contributed by atoms with Crippen LogP contribution in [0.5, 0.6) is 0 Å². The first-order valence-electron chi connectivity index (χ1n) is 5.74. The summed E-state index contributed by atoms with van der Waals surface area (Å²) < 4.78 is -0.535. The minimum Gasteiger partial charge on any atom is -0.548 e. The molecule has 2 aliphatic heterocycles. The molecule has 2 heterocycles.